The highest BCUT2D eigenvalue weighted by Crippen LogP contribution is 2.22. The van der Waals surface area contributed by atoms with Crippen molar-refractivity contribution in [3.8, 4) is 5.75 Å². The number of esters is 1. The number of carbonyl (C=O) groups is 2. The largest absolute Gasteiger partial charge is 0.476 e. The molecule has 0 fully saturated rings. The van der Waals surface area contributed by atoms with Crippen LogP contribution in [-0.2, 0) is 9.53 Å². The molecule has 0 bridgehead atoms. The third-order valence-corrected chi connectivity index (χ3v) is 2.88. The van der Waals surface area contributed by atoms with E-state index >= 15 is 0 Å². The number of ether oxygens (including phenoxy) is 2. The highest BCUT2D eigenvalue weighted by atomic mass is 35.5. The molecular formula is C20H21ClO4. The van der Waals surface area contributed by atoms with Crippen LogP contribution >= 0.6 is 11.6 Å². The first-order valence-electron chi connectivity index (χ1n) is 15.0. The zero-order valence-electron chi connectivity index (χ0n) is 29.3. The average molecular weight is 378 g/mol. The van der Waals surface area contributed by atoms with Crippen molar-refractivity contribution in [3.05, 3.63) is 64.6 Å². The van der Waals surface area contributed by atoms with Crippen LogP contribution in [0.1, 0.15) is 66.6 Å². The van der Waals surface area contributed by atoms with Crippen LogP contribution in [0.5, 0.6) is 5.75 Å². The highest BCUT2D eigenvalue weighted by Gasteiger charge is 2.32. The van der Waals surface area contributed by atoms with E-state index in [-0.39, 0.29) is 5.56 Å². The third-order valence-electron chi connectivity index (χ3n) is 2.69. The third kappa shape index (κ3) is 5.07. The van der Waals surface area contributed by atoms with E-state index in [0.717, 1.165) is 24.3 Å². The molecule has 0 amide bonds. The Morgan fingerprint density at radius 3 is 2.32 bits per heavy atom. The molecule has 0 spiro atoms. The Morgan fingerprint density at radius 1 is 1.12 bits per heavy atom. The fourth-order valence-electron chi connectivity index (χ4n) is 1.61. The quantitative estimate of drug-likeness (QED) is 0.541. The number of hydrogen-bond acceptors (Lipinski definition) is 4. The molecule has 4 nitrogen and oxygen atoms in total. The number of ketones is 1. The van der Waals surface area contributed by atoms with E-state index in [1.165, 1.54) is 0 Å². The van der Waals surface area contributed by atoms with E-state index in [9.17, 15) is 9.59 Å². The number of benzene rings is 2. The van der Waals surface area contributed by atoms with Crippen LogP contribution in [0, 0.1) is 0 Å². The second-order valence-electron chi connectivity index (χ2n) is 4.54. The molecule has 0 aliphatic carbocycles. The molecule has 0 aliphatic heterocycles. The predicted octanol–water partition coefficient (Wildman–Crippen LogP) is 4.68. The summed E-state index contributed by atoms with van der Waals surface area (Å²) in [6, 6.07) is 0.459. The summed E-state index contributed by atoms with van der Waals surface area (Å²) in [6.45, 7) is -15.8. The minimum absolute atomic E-state index is 0.323. The van der Waals surface area contributed by atoms with Gasteiger partial charge in [0.05, 0.1) is 12.9 Å². The van der Waals surface area contributed by atoms with Crippen LogP contribution in [0.25, 0.3) is 0 Å². The Morgan fingerprint density at radius 2 is 1.76 bits per heavy atom. The van der Waals surface area contributed by atoms with Crippen molar-refractivity contribution in [1.82, 2.24) is 0 Å². The standard InChI is InChI=1S/C20H21ClO4/c1-13(2)24-19(23)20(3,4)25-17-11-7-15(8-12-17)18(22)14-5-9-16(21)10-6-14/h5-13H,1-4H3/i1D3,2D3,3D3,4D3,5D,6D,9D,10D,13D. The molecule has 2 aromatic rings. The molecule has 0 radical (unpaired) electrons. The van der Waals surface area contributed by atoms with Crippen LogP contribution in [0.15, 0.2) is 48.4 Å². The molecule has 132 valence electrons. The van der Waals surface area contributed by atoms with E-state index < -0.39 is 91.3 Å². The first-order valence-corrected chi connectivity index (χ1v) is 6.86. The van der Waals surface area contributed by atoms with Crippen molar-refractivity contribution < 1.29 is 42.4 Å². The normalized spacial score (nSPS) is 23.6. The van der Waals surface area contributed by atoms with Crippen molar-refractivity contribution in [1.29, 1.82) is 0 Å². The molecule has 2 rings (SSSR count). The lowest BCUT2D eigenvalue weighted by molar-refractivity contribution is -0.163. The molecule has 2 aromatic carbocycles. The summed E-state index contributed by atoms with van der Waals surface area (Å²) < 4.78 is 140. The number of halogens is 1. The minimum atomic E-state index is -4.10. The Bertz CT molecular complexity index is 1320. The summed E-state index contributed by atoms with van der Waals surface area (Å²) in [7, 11) is 0. The smallest absolute Gasteiger partial charge is 0.350 e. The second-order valence-corrected chi connectivity index (χ2v) is 4.92. The van der Waals surface area contributed by atoms with E-state index in [2.05, 4.69) is 4.74 Å². The summed E-state index contributed by atoms with van der Waals surface area (Å²) in [4.78, 5) is 26.2. The molecule has 0 saturated carbocycles. The first-order chi connectivity index (χ1) is 18.7. The Kier molecular flexibility index (Phi) is 1.98. The lowest BCUT2D eigenvalue weighted by Crippen LogP contribution is -2.40. The molecule has 0 saturated heterocycles. The average Bonchev–Trinajstić information content (AvgIpc) is 2.82. The Labute approximate surface area is 176 Å². The van der Waals surface area contributed by atoms with Gasteiger partial charge in [0.25, 0.3) is 0 Å². The van der Waals surface area contributed by atoms with Crippen molar-refractivity contribution in [3.63, 3.8) is 0 Å². The molecule has 0 unspecified atom stereocenters. The fraction of sp³-hybridized carbons (Fsp3) is 0.300. The van der Waals surface area contributed by atoms with E-state index in [0.29, 0.717) is 0 Å². The zero-order chi connectivity index (χ0) is 33.0. The summed E-state index contributed by atoms with van der Waals surface area (Å²) in [6.07, 6.45) is -4.10. The van der Waals surface area contributed by atoms with Crippen molar-refractivity contribution >= 4 is 23.4 Å². The summed E-state index contributed by atoms with van der Waals surface area (Å²) in [5.74, 6) is -4.30. The minimum Gasteiger partial charge on any atom is -0.476 e. The summed E-state index contributed by atoms with van der Waals surface area (Å²) in [5, 5.41) is -0.531. The summed E-state index contributed by atoms with van der Waals surface area (Å²) >= 11 is 5.74. The van der Waals surface area contributed by atoms with Crippen LogP contribution in [0.2, 0.25) is 5.02 Å². The number of carbonyl (C=O) groups excluding carboxylic acids is 2. The van der Waals surface area contributed by atoms with Gasteiger partial charge in [-0.3, -0.25) is 4.79 Å². The van der Waals surface area contributed by atoms with Crippen molar-refractivity contribution in [2.75, 3.05) is 0 Å². The second kappa shape index (κ2) is 7.70. The molecule has 0 aromatic heterocycles. The molecule has 0 heterocycles. The van der Waals surface area contributed by atoms with Crippen molar-refractivity contribution in [2.24, 2.45) is 0 Å². The lowest BCUT2D eigenvalue weighted by Gasteiger charge is -2.25. The van der Waals surface area contributed by atoms with Gasteiger partial charge in [-0.2, -0.15) is 0 Å². The molecule has 0 aliphatic rings. The Hall–Kier alpha value is -2.33. The predicted molar refractivity (Wildman–Crippen MR) is 97.3 cm³/mol. The maximum atomic E-state index is 13.2. The fourth-order valence-corrected chi connectivity index (χ4v) is 1.71. The van der Waals surface area contributed by atoms with Crippen LogP contribution in [0.3, 0.4) is 0 Å². The van der Waals surface area contributed by atoms with Gasteiger partial charge in [-0.05, 0) is 75.8 Å². The summed E-state index contributed by atoms with van der Waals surface area (Å²) in [5.41, 5.74) is -5.07. The van der Waals surface area contributed by atoms with Gasteiger partial charge in [-0.1, -0.05) is 11.6 Å². The Balaban J connectivity index is 2.65. The number of hydrogen-bond donors (Lipinski definition) is 0. The first kappa shape index (κ1) is 6.44. The van der Waals surface area contributed by atoms with Crippen LogP contribution in [-0.4, -0.2) is 23.4 Å². The van der Waals surface area contributed by atoms with Gasteiger partial charge >= 0.3 is 5.97 Å². The van der Waals surface area contributed by atoms with Gasteiger partial charge in [-0.25, -0.2) is 4.79 Å². The van der Waals surface area contributed by atoms with Crippen LogP contribution in [0.4, 0.5) is 0 Å². The maximum Gasteiger partial charge on any atom is 0.350 e. The van der Waals surface area contributed by atoms with Gasteiger partial charge in [0.15, 0.2) is 11.4 Å². The molecular weight excluding hydrogens is 340 g/mol. The van der Waals surface area contributed by atoms with Gasteiger partial charge in [-0.15, -0.1) is 0 Å². The van der Waals surface area contributed by atoms with Gasteiger partial charge < -0.3 is 9.47 Å². The van der Waals surface area contributed by atoms with E-state index in [1.807, 2.05) is 0 Å². The molecule has 0 N–H and O–H groups in total. The van der Waals surface area contributed by atoms with Gasteiger partial charge in [0, 0.05) is 32.6 Å². The van der Waals surface area contributed by atoms with E-state index in [4.69, 9.17) is 39.6 Å². The maximum absolute atomic E-state index is 13.2. The monoisotopic (exact) mass is 377 g/mol. The van der Waals surface area contributed by atoms with Crippen molar-refractivity contribution in [2.45, 2.75) is 39.1 Å². The zero-order valence-corrected chi connectivity index (χ0v) is 13.1. The lowest BCUT2D eigenvalue weighted by atomic mass is 10.0. The SMILES string of the molecule is [2H]c1c([2H])c(C(=O)c2ccc(OC(C(=O)OC([2H])(C([2H])([2H])[2H])C([2H])([2H])[2H])(C([2H])([2H])[2H])C([2H])([2H])[2H])cc2)c([2H])c([2H])c1Cl. The molecule has 25 heavy (non-hydrogen) atoms. The van der Waals surface area contributed by atoms with Gasteiger partial charge in [0.2, 0.25) is 0 Å². The van der Waals surface area contributed by atoms with E-state index in [1.54, 1.807) is 0 Å². The molecule has 5 heteroatoms. The van der Waals surface area contributed by atoms with Crippen LogP contribution < -0.4 is 4.74 Å². The highest BCUT2D eigenvalue weighted by molar-refractivity contribution is 6.30. The topological polar surface area (TPSA) is 52.6 Å². The van der Waals surface area contributed by atoms with Gasteiger partial charge in [0.1, 0.15) is 5.75 Å². The number of rotatable bonds is 6. The molecule has 0 atom stereocenters.